The van der Waals surface area contributed by atoms with Crippen LogP contribution in [0.3, 0.4) is 0 Å². The molecule has 3 nitrogen and oxygen atoms in total. The largest absolute Gasteiger partial charge is 0.402 e. The summed E-state index contributed by atoms with van der Waals surface area (Å²) in [5.41, 5.74) is 3.15. The zero-order chi connectivity index (χ0) is 17.9. The fraction of sp³-hybridized carbons (Fsp3) is 0.0435. The second-order valence-corrected chi connectivity index (χ2v) is 6.16. The predicted octanol–water partition coefficient (Wildman–Crippen LogP) is 5.13. The quantitative estimate of drug-likeness (QED) is 0.490. The molecule has 1 aliphatic rings. The normalized spacial score (nSPS) is 16.0. The molecule has 0 atom stereocenters. The molecule has 0 radical (unpaired) electrons. The molecule has 0 N–H and O–H groups in total. The summed E-state index contributed by atoms with van der Waals surface area (Å²) in [7, 11) is 0. The third-order valence-electron chi connectivity index (χ3n) is 4.20. The minimum absolute atomic E-state index is 0.317. The fourth-order valence-corrected chi connectivity index (χ4v) is 3.01. The van der Waals surface area contributed by atoms with Crippen molar-refractivity contribution in [3.63, 3.8) is 0 Å². The number of fused-ring (bicyclic) bond motifs is 1. The number of hydrogen-bond acceptors (Lipinski definition) is 3. The molecule has 126 valence electrons. The number of ether oxygens (including phenoxy) is 1. The number of benzene rings is 3. The molecule has 1 heterocycles. The third kappa shape index (κ3) is 3.20. The van der Waals surface area contributed by atoms with Crippen LogP contribution >= 0.6 is 0 Å². The molecule has 0 amide bonds. The Kier molecular flexibility index (Phi) is 4.20. The molecule has 1 aliphatic heterocycles. The minimum atomic E-state index is -0.422. The lowest BCUT2D eigenvalue weighted by atomic mass is 10.0. The third-order valence-corrected chi connectivity index (χ3v) is 4.20. The predicted molar refractivity (Wildman–Crippen MR) is 105 cm³/mol. The standard InChI is InChI=1S/C23H17NO2/c1-16(14-17-8-3-2-4-9-17)15-21-23(25)26-22(24-21)20-13-7-11-18-10-5-6-12-19(18)20/h2-15H,1H3/b16-14+,21-15+. The molecule has 3 aromatic carbocycles. The van der Waals surface area contributed by atoms with Gasteiger partial charge < -0.3 is 4.74 Å². The lowest BCUT2D eigenvalue weighted by Crippen LogP contribution is -2.05. The maximum absolute atomic E-state index is 12.2. The van der Waals surface area contributed by atoms with Gasteiger partial charge >= 0.3 is 5.97 Å². The lowest BCUT2D eigenvalue weighted by Gasteiger charge is -2.04. The summed E-state index contributed by atoms with van der Waals surface area (Å²) in [6.07, 6.45) is 3.76. The van der Waals surface area contributed by atoms with E-state index in [0.717, 1.165) is 27.5 Å². The molecule has 0 spiro atoms. The molecule has 0 saturated carbocycles. The Balaban J connectivity index is 1.70. The van der Waals surface area contributed by atoms with E-state index in [1.165, 1.54) is 0 Å². The first kappa shape index (κ1) is 16.0. The summed E-state index contributed by atoms with van der Waals surface area (Å²) in [6, 6.07) is 23.8. The SMILES string of the molecule is CC(=C\c1ccccc1)/C=C1/N=C(c2cccc3ccccc23)OC1=O. The molecule has 3 heteroatoms. The van der Waals surface area contributed by atoms with Crippen molar-refractivity contribution in [1.29, 1.82) is 0 Å². The molecule has 4 rings (SSSR count). The average Bonchev–Trinajstić information content (AvgIpc) is 3.02. The van der Waals surface area contributed by atoms with Crippen molar-refractivity contribution in [2.75, 3.05) is 0 Å². The first-order valence-corrected chi connectivity index (χ1v) is 8.45. The average molecular weight is 339 g/mol. The minimum Gasteiger partial charge on any atom is -0.402 e. The highest BCUT2D eigenvalue weighted by Crippen LogP contribution is 2.24. The van der Waals surface area contributed by atoms with Crippen molar-refractivity contribution in [3.8, 4) is 0 Å². The molecular formula is C23H17NO2. The van der Waals surface area contributed by atoms with Crippen LogP contribution in [0.4, 0.5) is 0 Å². The van der Waals surface area contributed by atoms with E-state index in [0.29, 0.717) is 11.6 Å². The smallest absolute Gasteiger partial charge is 0.363 e. The van der Waals surface area contributed by atoms with Crippen LogP contribution in [0.5, 0.6) is 0 Å². The first-order valence-electron chi connectivity index (χ1n) is 8.45. The van der Waals surface area contributed by atoms with Gasteiger partial charge in [-0.05, 0) is 41.0 Å². The van der Waals surface area contributed by atoms with E-state index in [4.69, 9.17) is 4.74 Å². The van der Waals surface area contributed by atoms with Gasteiger partial charge in [0.25, 0.3) is 0 Å². The van der Waals surface area contributed by atoms with Crippen molar-refractivity contribution in [2.45, 2.75) is 6.92 Å². The number of hydrogen-bond donors (Lipinski definition) is 0. The number of allylic oxidation sites excluding steroid dienone is 2. The van der Waals surface area contributed by atoms with Gasteiger partial charge in [-0.25, -0.2) is 9.79 Å². The Labute approximate surface area is 152 Å². The molecule has 0 fully saturated rings. The lowest BCUT2D eigenvalue weighted by molar-refractivity contribution is -0.130. The van der Waals surface area contributed by atoms with Crippen LogP contribution in [0.2, 0.25) is 0 Å². The van der Waals surface area contributed by atoms with Gasteiger partial charge in [0.2, 0.25) is 5.90 Å². The molecular weight excluding hydrogens is 322 g/mol. The summed E-state index contributed by atoms with van der Waals surface area (Å²) in [6.45, 7) is 1.94. The van der Waals surface area contributed by atoms with Crippen LogP contribution in [0.1, 0.15) is 18.1 Å². The summed E-state index contributed by atoms with van der Waals surface area (Å²) in [5.74, 6) is -0.0701. The highest BCUT2D eigenvalue weighted by molar-refractivity contribution is 6.16. The van der Waals surface area contributed by atoms with Crippen LogP contribution in [-0.2, 0) is 9.53 Å². The van der Waals surface area contributed by atoms with Gasteiger partial charge in [-0.3, -0.25) is 0 Å². The van der Waals surface area contributed by atoms with E-state index in [-0.39, 0.29) is 0 Å². The Bertz CT molecular complexity index is 1070. The number of carbonyl (C=O) groups is 1. The molecule has 0 saturated heterocycles. The van der Waals surface area contributed by atoms with Gasteiger partial charge in [0, 0.05) is 5.56 Å². The maximum Gasteiger partial charge on any atom is 0.363 e. The van der Waals surface area contributed by atoms with E-state index in [1.807, 2.05) is 85.8 Å². The van der Waals surface area contributed by atoms with E-state index in [2.05, 4.69) is 4.99 Å². The topological polar surface area (TPSA) is 38.7 Å². The summed E-state index contributed by atoms with van der Waals surface area (Å²) >= 11 is 0. The fourth-order valence-electron chi connectivity index (χ4n) is 3.01. The zero-order valence-electron chi connectivity index (χ0n) is 14.3. The van der Waals surface area contributed by atoms with Crippen LogP contribution in [-0.4, -0.2) is 11.9 Å². The Morgan fingerprint density at radius 1 is 0.923 bits per heavy atom. The van der Waals surface area contributed by atoms with Gasteiger partial charge in [0.1, 0.15) is 0 Å². The van der Waals surface area contributed by atoms with Crippen LogP contribution in [0.15, 0.2) is 95.1 Å². The molecule has 3 aromatic rings. The Morgan fingerprint density at radius 2 is 1.65 bits per heavy atom. The number of nitrogens with zero attached hydrogens (tertiary/aromatic N) is 1. The van der Waals surface area contributed by atoms with E-state index < -0.39 is 5.97 Å². The number of aliphatic imine (C=N–C) groups is 1. The molecule has 0 bridgehead atoms. The van der Waals surface area contributed by atoms with E-state index in [9.17, 15) is 4.79 Å². The van der Waals surface area contributed by atoms with Crippen LogP contribution < -0.4 is 0 Å². The first-order chi connectivity index (χ1) is 12.7. The van der Waals surface area contributed by atoms with Crippen molar-refractivity contribution < 1.29 is 9.53 Å². The second-order valence-electron chi connectivity index (χ2n) is 6.16. The molecule has 0 aromatic heterocycles. The van der Waals surface area contributed by atoms with Crippen molar-refractivity contribution in [2.24, 2.45) is 4.99 Å². The summed E-state index contributed by atoms with van der Waals surface area (Å²) in [4.78, 5) is 16.7. The number of carbonyl (C=O) groups excluding carboxylic acids is 1. The molecule has 0 aliphatic carbocycles. The number of esters is 1. The second kappa shape index (κ2) is 6.81. The van der Waals surface area contributed by atoms with Crippen LogP contribution in [0, 0.1) is 0 Å². The summed E-state index contributed by atoms with van der Waals surface area (Å²) < 4.78 is 5.43. The monoisotopic (exact) mass is 339 g/mol. The van der Waals surface area contributed by atoms with Gasteiger partial charge in [0.05, 0.1) is 0 Å². The zero-order valence-corrected chi connectivity index (χ0v) is 14.3. The molecule has 26 heavy (non-hydrogen) atoms. The highest BCUT2D eigenvalue weighted by atomic mass is 16.6. The van der Waals surface area contributed by atoms with Crippen molar-refractivity contribution >= 4 is 28.7 Å². The molecule has 0 unspecified atom stereocenters. The number of rotatable bonds is 3. The Hall–Kier alpha value is -3.46. The summed E-state index contributed by atoms with van der Waals surface area (Å²) in [5, 5.41) is 2.10. The number of cyclic esters (lactones) is 1. The van der Waals surface area contributed by atoms with Crippen LogP contribution in [0.25, 0.3) is 16.8 Å². The van der Waals surface area contributed by atoms with Gasteiger partial charge in [-0.15, -0.1) is 0 Å². The Morgan fingerprint density at radius 3 is 2.50 bits per heavy atom. The van der Waals surface area contributed by atoms with Crippen molar-refractivity contribution in [3.05, 3.63) is 101 Å². The van der Waals surface area contributed by atoms with Gasteiger partial charge in [-0.2, -0.15) is 0 Å². The van der Waals surface area contributed by atoms with E-state index in [1.54, 1.807) is 6.08 Å². The van der Waals surface area contributed by atoms with E-state index >= 15 is 0 Å². The maximum atomic E-state index is 12.2. The van der Waals surface area contributed by atoms with Crippen molar-refractivity contribution in [1.82, 2.24) is 0 Å². The highest BCUT2D eigenvalue weighted by Gasteiger charge is 2.25. The van der Waals surface area contributed by atoms with Gasteiger partial charge in [0.15, 0.2) is 5.70 Å². The van der Waals surface area contributed by atoms with Gasteiger partial charge in [-0.1, -0.05) is 72.8 Å².